The molecule has 0 bridgehead atoms. The predicted molar refractivity (Wildman–Crippen MR) is 73.0 cm³/mol. The summed E-state index contributed by atoms with van der Waals surface area (Å²) in [6.45, 7) is 3.41. The molecular formula is C15H21NO3. The van der Waals surface area contributed by atoms with Crippen molar-refractivity contribution in [3.63, 3.8) is 0 Å². The fourth-order valence-electron chi connectivity index (χ4n) is 2.84. The van der Waals surface area contributed by atoms with Crippen molar-refractivity contribution in [2.75, 3.05) is 26.3 Å². The SMILES string of the molecule is Oc1c(CC2CCCNC2)ccc2c1OCCCO2. The van der Waals surface area contributed by atoms with E-state index < -0.39 is 0 Å². The number of phenolic OH excluding ortho intramolecular Hbond substituents is 1. The van der Waals surface area contributed by atoms with Gasteiger partial charge in [-0.1, -0.05) is 6.07 Å². The molecule has 2 N–H and O–H groups in total. The second-order valence-corrected chi connectivity index (χ2v) is 5.37. The lowest BCUT2D eigenvalue weighted by molar-refractivity contribution is 0.290. The lowest BCUT2D eigenvalue weighted by Gasteiger charge is -2.23. The summed E-state index contributed by atoms with van der Waals surface area (Å²) in [4.78, 5) is 0. The largest absolute Gasteiger partial charge is 0.504 e. The van der Waals surface area contributed by atoms with E-state index in [2.05, 4.69) is 5.32 Å². The summed E-state index contributed by atoms with van der Waals surface area (Å²) in [7, 11) is 0. The first-order valence-corrected chi connectivity index (χ1v) is 7.16. The quantitative estimate of drug-likeness (QED) is 0.858. The van der Waals surface area contributed by atoms with E-state index >= 15 is 0 Å². The van der Waals surface area contributed by atoms with Gasteiger partial charge in [0.1, 0.15) is 0 Å². The number of piperidine rings is 1. The molecule has 2 aliphatic heterocycles. The molecule has 2 heterocycles. The molecule has 0 spiro atoms. The molecule has 1 aromatic carbocycles. The molecule has 1 aromatic rings. The minimum absolute atomic E-state index is 0.268. The van der Waals surface area contributed by atoms with Gasteiger partial charge in [-0.05, 0) is 49.9 Å². The summed E-state index contributed by atoms with van der Waals surface area (Å²) in [6.07, 6.45) is 4.20. The van der Waals surface area contributed by atoms with E-state index in [0.29, 0.717) is 30.6 Å². The van der Waals surface area contributed by atoms with E-state index in [1.165, 1.54) is 12.8 Å². The molecule has 1 unspecified atom stereocenters. The summed E-state index contributed by atoms with van der Waals surface area (Å²) in [5, 5.41) is 13.8. The maximum atomic E-state index is 10.4. The Labute approximate surface area is 113 Å². The number of nitrogens with one attached hydrogen (secondary N) is 1. The third-order valence-corrected chi connectivity index (χ3v) is 3.88. The first-order chi connectivity index (χ1) is 9.34. The Kier molecular flexibility index (Phi) is 3.78. The Morgan fingerprint density at radius 1 is 1.21 bits per heavy atom. The van der Waals surface area contributed by atoms with Crippen LogP contribution >= 0.6 is 0 Å². The Morgan fingerprint density at radius 2 is 2.11 bits per heavy atom. The molecule has 1 atom stereocenters. The number of ether oxygens (including phenoxy) is 2. The summed E-state index contributed by atoms with van der Waals surface area (Å²) in [6, 6.07) is 3.89. The summed E-state index contributed by atoms with van der Waals surface area (Å²) >= 11 is 0. The third-order valence-electron chi connectivity index (χ3n) is 3.88. The molecule has 0 aromatic heterocycles. The highest BCUT2D eigenvalue weighted by atomic mass is 16.5. The Balaban J connectivity index is 1.80. The molecule has 19 heavy (non-hydrogen) atoms. The smallest absolute Gasteiger partial charge is 0.203 e. The monoisotopic (exact) mass is 263 g/mol. The van der Waals surface area contributed by atoms with Crippen LogP contribution in [0, 0.1) is 5.92 Å². The van der Waals surface area contributed by atoms with Gasteiger partial charge in [0.2, 0.25) is 5.75 Å². The van der Waals surface area contributed by atoms with Crippen molar-refractivity contribution in [1.82, 2.24) is 5.32 Å². The van der Waals surface area contributed by atoms with E-state index in [-0.39, 0.29) is 5.75 Å². The van der Waals surface area contributed by atoms with Crippen LogP contribution in [0.1, 0.15) is 24.8 Å². The lowest BCUT2D eigenvalue weighted by atomic mass is 9.92. The molecule has 0 aliphatic carbocycles. The van der Waals surface area contributed by atoms with Crippen molar-refractivity contribution in [3.05, 3.63) is 17.7 Å². The van der Waals surface area contributed by atoms with Gasteiger partial charge in [-0.2, -0.15) is 0 Å². The molecule has 4 heteroatoms. The zero-order valence-electron chi connectivity index (χ0n) is 11.2. The predicted octanol–water partition coefficient (Wildman–Crippen LogP) is 2.10. The van der Waals surface area contributed by atoms with Crippen LogP contribution in [-0.2, 0) is 6.42 Å². The molecule has 104 valence electrons. The zero-order chi connectivity index (χ0) is 13.1. The van der Waals surface area contributed by atoms with Crippen molar-refractivity contribution in [1.29, 1.82) is 0 Å². The van der Waals surface area contributed by atoms with Crippen LogP contribution < -0.4 is 14.8 Å². The van der Waals surface area contributed by atoms with Gasteiger partial charge in [-0.15, -0.1) is 0 Å². The van der Waals surface area contributed by atoms with Crippen molar-refractivity contribution in [3.8, 4) is 17.2 Å². The molecule has 2 aliphatic rings. The number of aromatic hydroxyl groups is 1. The molecule has 0 saturated carbocycles. The van der Waals surface area contributed by atoms with Gasteiger partial charge in [-0.25, -0.2) is 0 Å². The first kappa shape index (κ1) is 12.6. The summed E-state index contributed by atoms with van der Waals surface area (Å²) in [5.74, 6) is 2.06. The molecule has 4 nitrogen and oxygen atoms in total. The minimum atomic E-state index is 0.268. The molecule has 3 rings (SSSR count). The van der Waals surface area contributed by atoms with E-state index in [0.717, 1.165) is 31.5 Å². The van der Waals surface area contributed by atoms with Crippen molar-refractivity contribution < 1.29 is 14.6 Å². The third kappa shape index (κ3) is 2.78. The van der Waals surface area contributed by atoms with Crippen LogP contribution in [0.2, 0.25) is 0 Å². The minimum Gasteiger partial charge on any atom is -0.504 e. The van der Waals surface area contributed by atoms with Gasteiger partial charge in [0, 0.05) is 6.42 Å². The average Bonchev–Trinajstić information content (AvgIpc) is 2.69. The Morgan fingerprint density at radius 3 is 2.95 bits per heavy atom. The highest BCUT2D eigenvalue weighted by Gasteiger charge is 2.21. The summed E-state index contributed by atoms with van der Waals surface area (Å²) < 4.78 is 11.2. The number of hydrogen-bond donors (Lipinski definition) is 2. The zero-order valence-corrected chi connectivity index (χ0v) is 11.2. The number of phenols is 1. The Bertz CT molecular complexity index is 441. The van der Waals surface area contributed by atoms with Crippen LogP contribution in [0.3, 0.4) is 0 Å². The standard InChI is InChI=1S/C15H21NO3/c17-14-12(9-11-3-1-6-16-10-11)4-5-13-15(14)19-8-2-7-18-13/h4-5,11,16-17H,1-3,6-10H2. The molecular weight excluding hydrogens is 242 g/mol. The van der Waals surface area contributed by atoms with Crippen LogP contribution in [0.4, 0.5) is 0 Å². The second kappa shape index (κ2) is 5.70. The summed E-state index contributed by atoms with van der Waals surface area (Å²) in [5.41, 5.74) is 0.970. The highest BCUT2D eigenvalue weighted by Crippen LogP contribution is 2.41. The van der Waals surface area contributed by atoms with E-state index in [9.17, 15) is 5.11 Å². The average molecular weight is 263 g/mol. The highest BCUT2D eigenvalue weighted by molar-refractivity contribution is 5.55. The van der Waals surface area contributed by atoms with Gasteiger partial charge < -0.3 is 19.9 Å². The fourth-order valence-corrected chi connectivity index (χ4v) is 2.84. The van der Waals surface area contributed by atoms with Gasteiger partial charge in [0.05, 0.1) is 13.2 Å². The molecule has 1 fully saturated rings. The van der Waals surface area contributed by atoms with Gasteiger partial charge >= 0.3 is 0 Å². The normalized spacial score (nSPS) is 22.8. The maximum Gasteiger partial charge on any atom is 0.203 e. The molecule has 0 radical (unpaired) electrons. The van der Waals surface area contributed by atoms with Gasteiger partial charge in [0.15, 0.2) is 11.5 Å². The molecule has 0 amide bonds. The molecule has 1 saturated heterocycles. The van der Waals surface area contributed by atoms with E-state index in [1.54, 1.807) is 0 Å². The van der Waals surface area contributed by atoms with Crippen LogP contribution in [-0.4, -0.2) is 31.4 Å². The second-order valence-electron chi connectivity index (χ2n) is 5.37. The van der Waals surface area contributed by atoms with E-state index in [4.69, 9.17) is 9.47 Å². The number of rotatable bonds is 2. The van der Waals surface area contributed by atoms with Crippen LogP contribution in [0.25, 0.3) is 0 Å². The van der Waals surface area contributed by atoms with Crippen molar-refractivity contribution in [2.24, 2.45) is 5.92 Å². The lowest BCUT2D eigenvalue weighted by Crippen LogP contribution is -2.30. The van der Waals surface area contributed by atoms with Crippen LogP contribution in [0.5, 0.6) is 17.2 Å². The fraction of sp³-hybridized carbons (Fsp3) is 0.600. The maximum absolute atomic E-state index is 10.4. The topological polar surface area (TPSA) is 50.7 Å². The van der Waals surface area contributed by atoms with Crippen molar-refractivity contribution >= 4 is 0 Å². The number of fused-ring (bicyclic) bond motifs is 1. The first-order valence-electron chi connectivity index (χ1n) is 7.16. The van der Waals surface area contributed by atoms with Gasteiger partial charge in [-0.3, -0.25) is 0 Å². The number of benzene rings is 1. The van der Waals surface area contributed by atoms with Gasteiger partial charge in [0.25, 0.3) is 0 Å². The van der Waals surface area contributed by atoms with E-state index in [1.807, 2.05) is 12.1 Å². The number of hydrogen-bond acceptors (Lipinski definition) is 4. The van der Waals surface area contributed by atoms with Crippen molar-refractivity contribution in [2.45, 2.75) is 25.7 Å². The van der Waals surface area contributed by atoms with Crippen LogP contribution in [0.15, 0.2) is 12.1 Å². The Hall–Kier alpha value is -1.42.